The first kappa shape index (κ1) is 23.6. The molecule has 3 nitrogen and oxygen atoms in total. The lowest BCUT2D eigenvalue weighted by atomic mass is 9.76. The van der Waals surface area contributed by atoms with Crippen LogP contribution in [0.3, 0.4) is 0 Å². The summed E-state index contributed by atoms with van der Waals surface area (Å²) in [4.78, 5) is 9.51. The maximum Gasteiger partial charge on any atom is 0.400 e. The van der Waals surface area contributed by atoms with Crippen molar-refractivity contribution in [1.82, 2.24) is 0 Å². The van der Waals surface area contributed by atoms with Crippen LogP contribution in [0.4, 0.5) is 13.2 Å². The minimum Gasteiger partial charge on any atom is -0.395 e. The van der Waals surface area contributed by atoms with Crippen molar-refractivity contribution in [3.8, 4) is 0 Å². The Kier molecular flexibility index (Phi) is 6.72. The summed E-state index contributed by atoms with van der Waals surface area (Å²) in [7, 11) is 0. The number of alkyl halides is 3. The van der Waals surface area contributed by atoms with Gasteiger partial charge in [-0.1, -0.05) is 73.4 Å². The second-order valence-corrected chi connectivity index (χ2v) is 9.74. The van der Waals surface area contributed by atoms with Gasteiger partial charge in [0.25, 0.3) is 0 Å². The third-order valence-corrected chi connectivity index (χ3v) is 5.42. The van der Waals surface area contributed by atoms with Crippen LogP contribution in [0.15, 0.2) is 52.6 Å². The zero-order valence-electron chi connectivity index (χ0n) is 17.4. The van der Waals surface area contributed by atoms with E-state index in [1.54, 1.807) is 30.5 Å². The first-order chi connectivity index (χ1) is 14.4. The lowest BCUT2D eigenvalue weighted by Gasteiger charge is -2.31. The van der Waals surface area contributed by atoms with E-state index in [0.717, 1.165) is 5.56 Å². The zero-order valence-corrected chi connectivity index (χ0v) is 18.9. The minimum absolute atomic E-state index is 0.00000475. The van der Waals surface area contributed by atoms with Crippen LogP contribution in [0.1, 0.15) is 43.9 Å². The topological polar surface area (TPSA) is 34.0 Å². The van der Waals surface area contributed by atoms with Crippen molar-refractivity contribution in [2.45, 2.75) is 38.8 Å². The number of oxime groups is 1. The molecule has 0 saturated carbocycles. The molecule has 0 radical (unpaired) electrons. The fourth-order valence-electron chi connectivity index (χ4n) is 3.29. The Labute approximate surface area is 189 Å². The molecule has 0 aliphatic carbocycles. The molecule has 0 amide bonds. The van der Waals surface area contributed by atoms with E-state index >= 15 is 0 Å². The molecule has 2 aromatic rings. The molecule has 166 valence electrons. The molecule has 1 heterocycles. The number of benzene rings is 2. The Morgan fingerprint density at radius 3 is 2.23 bits per heavy atom. The van der Waals surface area contributed by atoms with Gasteiger partial charge in [0.1, 0.15) is 12.0 Å². The van der Waals surface area contributed by atoms with Crippen LogP contribution in [0.2, 0.25) is 10.0 Å². The van der Waals surface area contributed by atoms with E-state index in [1.807, 2.05) is 20.8 Å². The molecule has 0 bridgehead atoms. The molecule has 0 saturated heterocycles. The van der Waals surface area contributed by atoms with Crippen molar-refractivity contribution >= 4 is 35.1 Å². The van der Waals surface area contributed by atoms with Gasteiger partial charge in [0, 0.05) is 22.2 Å². The predicted molar refractivity (Wildman–Crippen MR) is 120 cm³/mol. The highest BCUT2D eigenvalue weighted by Crippen LogP contribution is 2.48. The molecule has 8 heteroatoms. The average Bonchev–Trinajstić information content (AvgIpc) is 3.11. The fraction of sp³-hybridized carbons (Fsp3) is 0.391. The van der Waals surface area contributed by atoms with E-state index in [2.05, 4.69) is 10.1 Å². The van der Waals surface area contributed by atoms with E-state index in [9.17, 15) is 13.2 Å². The van der Waals surface area contributed by atoms with Crippen LogP contribution >= 0.6 is 23.2 Å². The summed E-state index contributed by atoms with van der Waals surface area (Å²) in [6.07, 6.45) is -3.22. The Hall–Kier alpha value is -2.05. The van der Waals surface area contributed by atoms with Gasteiger partial charge in [0.05, 0.1) is 12.8 Å². The summed E-state index contributed by atoms with van der Waals surface area (Å²) < 4.78 is 42.6. The van der Waals surface area contributed by atoms with Crippen LogP contribution in [0.5, 0.6) is 0 Å². The van der Waals surface area contributed by atoms with Gasteiger partial charge in [-0.05, 0) is 40.3 Å². The molecule has 0 aromatic heterocycles. The Balaban J connectivity index is 1.78. The van der Waals surface area contributed by atoms with Crippen molar-refractivity contribution in [3.63, 3.8) is 0 Å². The first-order valence-electron chi connectivity index (χ1n) is 9.72. The standard InChI is InChI=1S/C23H23Cl2F3N2O/c1-21(2,3)14-31-30-12-15-4-6-16(7-5-15)20-11-22(13-29-20,23(26,27)28)17-8-18(24)10-19(25)9-17/h4-10,12H,11,13-14H2,1-3H3/b30-12+. The highest BCUT2D eigenvalue weighted by Gasteiger charge is 2.58. The summed E-state index contributed by atoms with van der Waals surface area (Å²) in [6, 6.07) is 11.1. The average molecular weight is 471 g/mol. The fourth-order valence-corrected chi connectivity index (χ4v) is 3.82. The molecule has 31 heavy (non-hydrogen) atoms. The highest BCUT2D eigenvalue weighted by molar-refractivity contribution is 6.34. The largest absolute Gasteiger partial charge is 0.400 e. The molecule has 2 aromatic carbocycles. The molecule has 0 N–H and O–H groups in total. The van der Waals surface area contributed by atoms with Crippen LogP contribution in [0, 0.1) is 5.41 Å². The van der Waals surface area contributed by atoms with Gasteiger partial charge in [-0.3, -0.25) is 4.99 Å². The molecule has 0 spiro atoms. The Morgan fingerprint density at radius 1 is 1.06 bits per heavy atom. The van der Waals surface area contributed by atoms with Gasteiger partial charge in [0.2, 0.25) is 0 Å². The number of hydrogen-bond acceptors (Lipinski definition) is 3. The van der Waals surface area contributed by atoms with Crippen LogP contribution in [0.25, 0.3) is 0 Å². The van der Waals surface area contributed by atoms with E-state index in [1.165, 1.54) is 18.2 Å². The van der Waals surface area contributed by atoms with Crippen LogP contribution < -0.4 is 0 Å². The smallest absolute Gasteiger partial charge is 0.395 e. The van der Waals surface area contributed by atoms with Crippen LogP contribution in [-0.2, 0) is 10.3 Å². The summed E-state index contributed by atoms with van der Waals surface area (Å²) in [5, 5.41) is 4.26. The molecule has 3 rings (SSSR count). The third kappa shape index (κ3) is 5.60. The van der Waals surface area contributed by atoms with Gasteiger partial charge in [0.15, 0.2) is 0 Å². The highest BCUT2D eigenvalue weighted by atomic mass is 35.5. The number of nitrogens with zero attached hydrogens (tertiary/aromatic N) is 2. The molecular weight excluding hydrogens is 448 g/mol. The summed E-state index contributed by atoms with van der Waals surface area (Å²) >= 11 is 12.0. The third-order valence-electron chi connectivity index (χ3n) is 4.98. The predicted octanol–water partition coefficient (Wildman–Crippen LogP) is 7.08. The van der Waals surface area contributed by atoms with Crippen molar-refractivity contribution in [2.24, 2.45) is 15.6 Å². The summed E-state index contributed by atoms with van der Waals surface area (Å²) in [5.74, 6) is 0. The first-order valence-corrected chi connectivity index (χ1v) is 10.5. The van der Waals surface area contributed by atoms with Crippen molar-refractivity contribution < 1.29 is 18.0 Å². The normalized spacial score (nSPS) is 19.7. The van der Waals surface area contributed by atoms with Gasteiger partial charge in [-0.2, -0.15) is 13.2 Å². The minimum atomic E-state index is -4.51. The van der Waals surface area contributed by atoms with Gasteiger partial charge >= 0.3 is 6.18 Å². The molecule has 1 aliphatic heterocycles. The van der Waals surface area contributed by atoms with E-state index in [4.69, 9.17) is 28.0 Å². The SMILES string of the molecule is CC(C)(C)CO/N=C/c1ccc(C2=NCC(c3cc(Cl)cc(Cl)c3)(C(F)(F)F)C2)cc1. The number of hydrogen-bond donors (Lipinski definition) is 0. The molecular formula is C23H23Cl2F3N2O. The molecule has 1 atom stereocenters. The number of aliphatic imine (C=N–C) groups is 1. The number of rotatable bonds is 5. The maximum absolute atomic E-state index is 14.2. The van der Waals surface area contributed by atoms with Gasteiger partial charge in [-0.15, -0.1) is 0 Å². The lowest BCUT2D eigenvalue weighted by molar-refractivity contribution is -0.183. The van der Waals surface area contributed by atoms with E-state index in [0.29, 0.717) is 17.9 Å². The van der Waals surface area contributed by atoms with Crippen molar-refractivity contribution in [1.29, 1.82) is 0 Å². The van der Waals surface area contributed by atoms with Crippen molar-refractivity contribution in [2.75, 3.05) is 13.2 Å². The van der Waals surface area contributed by atoms with E-state index in [-0.39, 0.29) is 27.4 Å². The lowest BCUT2D eigenvalue weighted by Crippen LogP contribution is -2.43. The van der Waals surface area contributed by atoms with Gasteiger partial charge in [-0.25, -0.2) is 0 Å². The molecule has 1 aliphatic rings. The quantitative estimate of drug-likeness (QED) is 0.339. The second kappa shape index (κ2) is 8.83. The maximum atomic E-state index is 14.2. The summed E-state index contributed by atoms with van der Waals surface area (Å²) in [6.45, 7) is 6.19. The second-order valence-electron chi connectivity index (χ2n) is 8.87. The molecule has 0 fully saturated rings. The Morgan fingerprint density at radius 2 is 1.68 bits per heavy atom. The Bertz CT molecular complexity index is 975. The summed E-state index contributed by atoms with van der Waals surface area (Å²) in [5.41, 5.74) is -0.332. The van der Waals surface area contributed by atoms with E-state index < -0.39 is 18.1 Å². The zero-order chi connectivity index (χ0) is 22.9. The monoisotopic (exact) mass is 470 g/mol. The number of halogens is 5. The molecule has 1 unspecified atom stereocenters. The van der Waals surface area contributed by atoms with Crippen molar-refractivity contribution in [3.05, 3.63) is 69.2 Å². The van der Waals surface area contributed by atoms with Crippen LogP contribution in [-0.4, -0.2) is 31.3 Å². The van der Waals surface area contributed by atoms with Gasteiger partial charge < -0.3 is 4.84 Å².